The van der Waals surface area contributed by atoms with Gasteiger partial charge < -0.3 is 0 Å². The van der Waals surface area contributed by atoms with Crippen molar-refractivity contribution in [1.29, 1.82) is 0 Å². The minimum Gasteiger partial charge on any atom is -0.290 e. The molecule has 1 aliphatic carbocycles. The molecule has 0 spiro atoms. The van der Waals surface area contributed by atoms with E-state index in [-0.39, 0.29) is 5.56 Å². The van der Waals surface area contributed by atoms with Crippen LogP contribution in [0.4, 0.5) is 0 Å². The lowest BCUT2D eigenvalue weighted by Crippen LogP contribution is -2.15. The molecule has 2 heterocycles. The minimum atomic E-state index is -0.0590. The highest BCUT2D eigenvalue weighted by Gasteiger charge is 2.23. The molecule has 1 atom stereocenters. The third-order valence-electron chi connectivity index (χ3n) is 4.87. The molecule has 0 fully saturated rings. The number of aromatic nitrogens is 3. The maximum absolute atomic E-state index is 12.7. The van der Waals surface area contributed by atoms with Crippen molar-refractivity contribution in [2.24, 2.45) is 5.92 Å². The lowest BCUT2D eigenvalue weighted by atomic mass is 9.84. The topological polar surface area (TPSA) is 50.7 Å². The monoisotopic (exact) mass is 327 g/mol. The van der Waals surface area contributed by atoms with E-state index < -0.39 is 0 Å². The van der Waals surface area contributed by atoms with E-state index in [1.165, 1.54) is 12.0 Å². The molecule has 4 rings (SSSR count). The lowest BCUT2D eigenvalue weighted by Gasteiger charge is -2.22. The molecule has 0 saturated carbocycles. The predicted molar refractivity (Wildman–Crippen MR) is 92.5 cm³/mol. The van der Waals surface area contributed by atoms with Crippen LogP contribution < -0.4 is 5.56 Å². The summed E-state index contributed by atoms with van der Waals surface area (Å²) in [4.78, 5) is 17.3. The first kappa shape index (κ1) is 14.5. The zero-order chi connectivity index (χ0) is 16.0. The van der Waals surface area contributed by atoms with Crippen LogP contribution >= 0.6 is 11.6 Å². The van der Waals surface area contributed by atoms with Gasteiger partial charge in [0, 0.05) is 16.9 Å². The van der Waals surface area contributed by atoms with Crippen LogP contribution in [0.1, 0.15) is 31.0 Å². The number of H-pyrrole nitrogens is 1. The van der Waals surface area contributed by atoms with Gasteiger partial charge in [-0.3, -0.25) is 14.9 Å². The molecule has 1 N–H and O–H groups in total. The van der Waals surface area contributed by atoms with Gasteiger partial charge in [0.1, 0.15) is 0 Å². The van der Waals surface area contributed by atoms with Crippen molar-refractivity contribution < 1.29 is 0 Å². The Hall–Kier alpha value is -2.07. The number of aromatic amines is 1. The maximum Gasteiger partial charge on any atom is 0.280 e. The SMILES string of the molecule is CCC1CCc2ncc3c(=O)n(-c4ccc(Cl)cc4)[nH]c3c2C1. The van der Waals surface area contributed by atoms with Gasteiger partial charge in [-0.1, -0.05) is 24.9 Å². The van der Waals surface area contributed by atoms with Crippen molar-refractivity contribution in [1.82, 2.24) is 14.8 Å². The summed E-state index contributed by atoms with van der Waals surface area (Å²) in [6.07, 6.45) is 6.06. The van der Waals surface area contributed by atoms with E-state index in [0.717, 1.165) is 36.2 Å². The number of aryl methyl sites for hydroxylation is 1. The summed E-state index contributed by atoms with van der Waals surface area (Å²) < 4.78 is 1.58. The van der Waals surface area contributed by atoms with Gasteiger partial charge in [-0.2, -0.15) is 0 Å². The van der Waals surface area contributed by atoms with E-state index in [1.54, 1.807) is 23.0 Å². The summed E-state index contributed by atoms with van der Waals surface area (Å²) in [5.41, 5.74) is 4.01. The van der Waals surface area contributed by atoms with Gasteiger partial charge in [0.25, 0.3) is 5.56 Å². The van der Waals surface area contributed by atoms with E-state index in [9.17, 15) is 4.79 Å². The second kappa shape index (κ2) is 5.53. The van der Waals surface area contributed by atoms with Gasteiger partial charge in [0.15, 0.2) is 0 Å². The highest BCUT2D eigenvalue weighted by Crippen LogP contribution is 2.30. The van der Waals surface area contributed by atoms with Crippen LogP contribution in [0.15, 0.2) is 35.3 Å². The molecular weight excluding hydrogens is 310 g/mol. The van der Waals surface area contributed by atoms with Crippen LogP contribution in [0.5, 0.6) is 0 Å². The van der Waals surface area contributed by atoms with Gasteiger partial charge in [0.05, 0.1) is 16.6 Å². The number of rotatable bonds is 2. The fourth-order valence-corrected chi connectivity index (χ4v) is 3.58. The molecule has 0 bridgehead atoms. The molecule has 4 nitrogen and oxygen atoms in total. The van der Waals surface area contributed by atoms with Crippen LogP contribution in [-0.4, -0.2) is 14.8 Å². The smallest absolute Gasteiger partial charge is 0.280 e. The molecule has 23 heavy (non-hydrogen) atoms. The van der Waals surface area contributed by atoms with Crippen LogP contribution in [0.2, 0.25) is 5.02 Å². The molecule has 2 aromatic heterocycles. The Morgan fingerprint density at radius 2 is 2.13 bits per heavy atom. The summed E-state index contributed by atoms with van der Waals surface area (Å²) in [7, 11) is 0. The minimum absolute atomic E-state index is 0.0590. The molecule has 1 aliphatic rings. The third-order valence-corrected chi connectivity index (χ3v) is 5.12. The number of fused-ring (bicyclic) bond motifs is 3. The molecule has 0 saturated heterocycles. The lowest BCUT2D eigenvalue weighted by molar-refractivity contribution is 0.441. The van der Waals surface area contributed by atoms with E-state index in [2.05, 4.69) is 17.0 Å². The Kier molecular flexibility index (Phi) is 3.49. The number of nitrogens with one attached hydrogen (secondary N) is 1. The van der Waals surface area contributed by atoms with E-state index in [0.29, 0.717) is 16.3 Å². The average Bonchev–Trinajstić information content (AvgIpc) is 2.92. The molecule has 118 valence electrons. The number of halogens is 1. The molecule has 0 aliphatic heterocycles. The van der Waals surface area contributed by atoms with Gasteiger partial charge >= 0.3 is 0 Å². The second-order valence-corrected chi connectivity index (χ2v) is 6.65. The Bertz CT molecular complexity index is 924. The van der Waals surface area contributed by atoms with Gasteiger partial charge in [-0.25, -0.2) is 4.68 Å². The van der Waals surface area contributed by atoms with Crippen LogP contribution in [-0.2, 0) is 12.8 Å². The zero-order valence-corrected chi connectivity index (χ0v) is 13.7. The van der Waals surface area contributed by atoms with Crippen LogP contribution in [0.3, 0.4) is 0 Å². The van der Waals surface area contributed by atoms with Crippen molar-refractivity contribution in [2.75, 3.05) is 0 Å². The van der Waals surface area contributed by atoms with E-state index in [1.807, 2.05) is 12.1 Å². The molecule has 3 aromatic rings. The van der Waals surface area contributed by atoms with Crippen molar-refractivity contribution in [3.05, 3.63) is 57.1 Å². The first-order valence-electron chi connectivity index (χ1n) is 8.04. The van der Waals surface area contributed by atoms with Crippen molar-refractivity contribution in [2.45, 2.75) is 32.6 Å². The second-order valence-electron chi connectivity index (χ2n) is 6.22. The fraction of sp³-hybridized carbons (Fsp3) is 0.333. The summed E-state index contributed by atoms with van der Waals surface area (Å²) in [5.74, 6) is 0.678. The molecule has 0 amide bonds. The fourth-order valence-electron chi connectivity index (χ4n) is 3.45. The first-order chi connectivity index (χ1) is 11.2. The number of nitrogens with zero attached hydrogens (tertiary/aromatic N) is 2. The summed E-state index contributed by atoms with van der Waals surface area (Å²) in [6.45, 7) is 2.23. The zero-order valence-electron chi connectivity index (χ0n) is 13.0. The first-order valence-corrected chi connectivity index (χ1v) is 8.42. The van der Waals surface area contributed by atoms with Crippen LogP contribution in [0.25, 0.3) is 16.6 Å². The number of hydrogen-bond acceptors (Lipinski definition) is 2. The van der Waals surface area contributed by atoms with Gasteiger partial charge in [0.2, 0.25) is 0 Å². The molecular formula is C18H18ClN3O. The average molecular weight is 328 g/mol. The highest BCUT2D eigenvalue weighted by molar-refractivity contribution is 6.30. The Labute approximate surface area is 139 Å². The molecule has 1 aromatic carbocycles. The standard InChI is InChI=1S/C18H18ClN3O/c1-2-11-3-8-16-14(9-11)17-15(10-20-16)18(23)22(21-17)13-6-4-12(19)5-7-13/h4-7,10-11,21H,2-3,8-9H2,1H3. The Balaban J connectivity index is 1.91. The van der Waals surface area contributed by atoms with Crippen molar-refractivity contribution >= 4 is 22.5 Å². The largest absolute Gasteiger partial charge is 0.290 e. The number of pyridine rings is 1. The number of benzene rings is 1. The third kappa shape index (κ3) is 2.38. The quantitative estimate of drug-likeness (QED) is 0.776. The van der Waals surface area contributed by atoms with Gasteiger partial charge in [-0.05, 0) is 55.0 Å². The van der Waals surface area contributed by atoms with E-state index in [4.69, 9.17) is 11.6 Å². The van der Waals surface area contributed by atoms with Crippen molar-refractivity contribution in [3.63, 3.8) is 0 Å². The summed E-state index contributed by atoms with van der Waals surface area (Å²) in [5, 5.41) is 4.61. The summed E-state index contributed by atoms with van der Waals surface area (Å²) >= 11 is 5.94. The van der Waals surface area contributed by atoms with Gasteiger partial charge in [-0.15, -0.1) is 0 Å². The maximum atomic E-state index is 12.7. The summed E-state index contributed by atoms with van der Waals surface area (Å²) in [6, 6.07) is 7.26. The molecule has 0 radical (unpaired) electrons. The highest BCUT2D eigenvalue weighted by atomic mass is 35.5. The molecule has 5 heteroatoms. The molecule has 1 unspecified atom stereocenters. The number of hydrogen-bond donors (Lipinski definition) is 1. The van der Waals surface area contributed by atoms with E-state index >= 15 is 0 Å². The Morgan fingerprint density at radius 1 is 1.35 bits per heavy atom. The van der Waals surface area contributed by atoms with Crippen LogP contribution in [0, 0.1) is 5.92 Å². The predicted octanol–water partition coefficient (Wildman–Crippen LogP) is 3.88. The van der Waals surface area contributed by atoms with Crippen molar-refractivity contribution in [3.8, 4) is 5.69 Å². The normalized spacial score (nSPS) is 17.4. The Morgan fingerprint density at radius 3 is 2.87 bits per heavy atom.